The molecule has 0 amide bonds. The van der Waals surface area contributed by atoms with Crippen molar-refractivity contribution < 1.29 is 0 Å². The van der Waals surface area contributed by atoms with E-state index >= 15 is 0 Å². The number of nitrogens with one attached hydrogen (secondary N) is 1. The van der Waals surface area contributed by atoms with Crippen LogP contribution in [0.15, 0.2) is 0 Å². The zero-order valence-electron chi connectivity index (χ0n) is 11.1. The Morgan fingerprint density at radius 1 is 0.882 bits per heavy atom. The Kier molecular flexibility index (Phi) is 3.66. The van der Waals surface area contributed by atoms with Gasteiger partial charge in [0.1, 0.15) is 0 Å². The van der Waals surface area contributed by atoms with Gasteiger partial charge in [-0.1, -0.05) is 0 Å². The van der Waals surface area contributed by atoms with Gasteiger partial charge in [-0.25, -0.2) is 0 Å². The van der Waals surface area contributed by atoms with Crippen LogP contribution in [0, 0.1) is 11.8 Å². The summed E-state index contributed by atoms with van der Waals surface area (Å²) in [7, 11) is 2.23. The molecule has 0 aromatic carbocycles. The van der Waals surface area contributed by atoms with Gasteiger partial charge < -0.3 is 15.1 Å². The predicted molar refractivity (Wildman–Crippen MR) is 70.2 cm³/mol. The first-order valence-corrected chi connectivity index (χ1v) is 7.15. The van der Waals surface area contributed by atoms with Gasteiger partial charge in [0, 0.05) is 52.4 Å². The van der Waals surface area contributed by atoms with Crippen LogP contribution in [-0.4, -0.2) is 87.2 Å². The fraction of sp³-hybridized carbons (Fsp3) is 1.00. The van der Waals surface area contributed by atoms with Gasteiger partial charge in [-0.2, -0.15) is 0 Å². The molecule has 0 aromatic rings. The van der Waals surface area contributed by atoms with E-state index in [2.05, 4.69) is 27.1 Å². The van der Waals surface area contributed by atoms with Crippen LogP contribution < -0.4 is 5.32 Å². The Morgan fingerprint density at radius 3 is 2.12 bits per heavy atom. The van der Waals surface area contributed by atoms with Crippen LogP contribution in [0.1, 0.15) is 0 Å². The van der Waals surface area contributed by atoms with Crippen molar-refractivity contribution in [3.8, 4) is 0 Å². The van der Waals surface area contributed by atoms with E-state index in [1.807, 2.05) is 0 Å². The Morgan fingerprint density at radius 2 is 1.47 bits per heavy atom. The van der Waals surface area contributed by atoms with Gasteiger partial charge in [0.05, 0.1) is 0 Å². The third-order valence-electron chi connectivity index (χ3n) is 4.79. The number of rotatable bonds is 3. The van der Waals surface area contributed by atoms with Crippen LogP contribution in [0.4, 0.5) is 0 Å². The first-order valence-electron chi connectivity index (χ1n) is 7.15. The van der Waals surface area contributed by atoms with E-state index in [9.17, 15) is 0 Å². The van der Waals surface area contributed by atoms with Crippen molar-refractivity contribution in [2.75, 3.05) is 72.5 Å². The highest BCUT2D eigenvalue weighted by Crippen LogP contribution is 2.25. The first kappa shape index (κ1) is 11.9. The Hall–Kier alpha value is -0.160. The number of likely N-dealkylation sites (tertiary alicyclic amines) is 1. The summed E-state index contributed by atoms with van der Waals surface area (Å²) in [4.78, 5) is 7.75. The van der Waals surface area contributed by atoms with Gasteiger partial charge in [-0.3, -0.25) is 4.90 Å². The largest absolute Gasteiger partial charge is 0.316 e. The topological polar surface area (TPSA) is 21.8 Å². The fourth-order valence-corrected chi connectivity index (χ4v) is 3.49. The molecule has 2 unspecified atom stereocenters. The maximum Gasteiger partial charge on any atom is 0.0110 e. The highest BCUT2D eigenvalue weighted by Gasteiger charge is 2.35. The van der Waals surface area contributed by atoms with Crippen molar-refractivity contribution >= 4 is 0 Å². The lowest BCUT2D eigenvalue weighted by atomic mass is 10.0. The molecule has 3 rings (SSSR count). The number of nitrogens with zero attached hydrogens (tertiary/aromatic N) is 3. The average Bonchev–Trinajstić information content (AvgIpc) is 2.88. The van der Waals surface area contributed by atoms with E-state index in [1.54, 1.807) is 0 Å². The quantitative estimate of drug-likeness (QED) is 0.708. The summed E-state index contributed by atoms with van der Waals surface area (Å²) >= 11 is 0. The van der Waals surface area contributed by atoms with E-state index < -0.39 is 0 Å². The zero-order valence-corrected chi connectivity index (χ0v) is 11.1. The summed E-state index contributed by atoms with van der Waals surface area (Å²) in [6.07, 6.45) is 0. The summed E-state index contributed by atoms with van der Waals surface area (Å²) < 4.78 is 0. The lowest BCUT2D eigenvalue weighted by Crippen LogP contribution is -2.46. The minimum absolute atomic E-state index is 0.947. The number of hydrogen-bond donors (Lipinski definition) is 1. The van der Waals surface area contributed by atoms with Gasteiger partial charge in [0.25, 0.3) is 0 Å². The molecule has 0 saturated carbocycles. The predicted octanol–water partition coefficient (Wildman–Crippen LogP) is -0.615. The molecule has 0 aliphatic carbocycles. The molecule has 0 aromatic heterocycles. The monoisotopic (exact) mass is 238 g/mol. The maximum absolute atomic E-state index is 3.51. The molecule has 3 aliphatic rings. The molecule has 0 radical (unpaired) electrons. The van der Waals surface area contributed by atoms with Crippen molar-refractivity contribution in [2.24, 2.45) is 11.8 Å². The molecule has 98 valence electrons. The second-order valence-corrected chi connectivity index (χ2v) is 6.08. The van der Waals surface area contributed by atoms with Gasteiger partial charge in [0.15, 0.2) is 0 Å². The maximum atomic E-state index is 3.51. The fourth-order valence-electron chi connectivity index (χ4n) is 3.49. The molecule has 0 bridgehead atoms. The van der Waals surface area contributed by atoms with E-state index in [0.717, 1.165) is 11.8 Å². The van der Waals surface area contributed by atoms with Crippen molar-refractivity contribution in [1.82, 2.24) is 20.0 Å². The van der Waals surface area contributed by atoms with E-state index in [-0.39, 0.29) is 0 Å². The molecule has 0 spiro atoms. The minimum atomic E-state index is 0.947. The van der Waals surface area contributed by atoms with Crippen LogP contribution in [0.25, 0.3) is 0 Å². The molecule has 4 nitrogen and oxygen atoms in total. The molecule has 17 heavy (non-hydrogen) atoms. The summed E-state index contributed by atoms with van der Waals surface area (Å²) in [6.45, 7) is 12.8. The van der Waals surface area contributed by atoms with E-state index in [0.29, 0.717) is 0 Å². The van der Waals surface area contributed by atoms with Gasteiger partial charge >= 0.3 is 0 Å². The third-order valence-corrected chi connectivity index (χ3v) is 4.79. The molecular weight excluding hydrogens is 212 g/mol. The summed E-state index contributed by atoms with van der Waals surface area (Å²) in [5.41, 5.74) is 0. The molecule has 2 atom stereocenters. The molecule has 1 N–H and O–H groups in total. The first-order chi connectivity index (χ1) is 8.31. The van der Waals surface area contributed by atoms with Crippen molar-refractivity contribution in [3.63, 3.8) is 0 Å². The highest BCUT2D eigenvalue weighted by atomic mass is 15.3. The standard InChI is InChI=1S/C13H26N4/c1-15-2-4-16(5-3-15)6-7-17-10-12-8-14-9-13(12)11-17/h12-14H,2-11H2,1H3. The lowest BCUT2D eigenvalue weighted by Gasteiger charge is -2.33. The normalized spacial score (nSPS) is 36.5. The van der Waals surface area contributed by atoms with Crippen molar-refractivity contribution in [2.45, 2.75) is 0 Å². The number of hydrogen-bond acceptors (Lipinski definition) is 4. The van der Waals surface area contributed by atoms with Crippen LogP contribution in [0.5, 0.6) is 0 Å². The smallest absolute Gasteiger partial charge is 0.0110 e. The van der Waals surface area contributed by atoms with Crippen LogP contribution in [0.3, 0.4) is 0 Å². The molecule has 4 heteroatoms. The third kappa shape index (κ3) is 2.81. The molecular formula is C13H26N4. The second kappa shape index (κ2) is 5.22. The van der Waals surface area contributed by atoms with E-state index in [1.165, 1.54) is 65.4 Å². The van der Waals surface area contributed by atoms with Crippen LogP contribution in [-0.2, 0) is 0 Å². The number of fused-ring (bicyclic) bond motifs is 1. The van der Waals surface area contributed by atoms with Gasteiger partial charge in [-0.05, 0) is 32.0 Å². The zero-order chi connectivity index (χ0) is 11.7. The minimum Gasteiger partial charge on any atom is -0.316 e. The van der Waals surface area contributed by atoms with Crippen LogP contribution in [0.2, 0.25) is 0 Å². The summed E-state index contributed by atoms with van der Waals surface area (Å²) in [5, 5.41) is 3.51. The van der Waals surface area contributed by atoms with Gasteiger partial charge in [0.2, 0.25) is 0 Å². The SMILES string of the molecule is CN1CCN(CCN2CC3CNCC3C2)CC1. The molecule has 3 saturated heterocycles. The highest BCUT2D eigenvalue weighted by molar-refractivity contribution is 4.91. The van der Waals surface area contributed by atoms with Crippen LogP contribution >= 0.6 is 0 Å². The van der Waals surface area contributed by atoms with Gasteiger partial charge in [-0.15, -0.1) is 0 Å². The Labute approximate surface area is 105 Å². The Balaban J connectivity index is 1.37. The molecule has 3 fully saturated rings. The Bertz CT molecular complexity index is 238. The van der Waals surface area contributed by atoms with Crippen molar-refractivity contribution in [1.29, 1.82) is 0 Å². The number of piperazine rings is 1. The average molecular weight is 238 g/mol. The second-order valence-electron chi connectivity index (χ2n) is 6.08. The molecule has 3 aliphatic heterocycles. The summed E-state index contributed by atoms with van der Waals surface area (Å²) in [5.74, 6) is 1.89. The number of likely N-dealkylation sites (N-methyl/N-ethyl adjacent to an activating group) is 1. The van der Waals surface area contributed by atoms with E-state index in [4.69, 9.17) is 0 Å². The molecule has 3 heterocycles. The summed E-state index contributed by atoms with van der Waals surface area (Å²) in [6, 6.07) is 0. The van der Waals surface area contributed by atoms with Crippen molar-refractivity contribution in [3.05, 3.63) is 0 Å². The lowest BCUT2D eigenvalue weighted by molar-refractivity contribution is 0.139.